The fourth-order valence-corrected chi connectivity index (χ4v) is 2.37. The largest absolute Gasteiger partial charge is 0.420 e. The van der Waals surface area contributed by atoms with Gasteiger partial charge in [-0.25, -0.2) is 0 Å². The van der Waals surface area contributed by atoms with E-state index >= 15 is 0 Å². The fourth-order valence-electron chi connectivity index (χ4n) is 2.12. The highest BCUT2D eigenvalue weighted by Gasteiger charge is 2.37. The minimum absolute atomic E-state index is 0.192. The number of alkyl halides is 3. The molecule has 0 fully saturated rings. The van der Waals surface area contributed by atoms with Crippen molar-refractivity contribution in [1.29, 1.82) is 0 Å². The molecule has 0 amide bonds. The molecule has 3 aromatic rings. The van der Waals surface area contributed by atoms with Crippen molar-refractivity contribution in [3.63, 3.8) is 0 Å². The van der Waals surface area contributed by atoms with Gasteiger partial charge in [-0.15, -0.1) is 0 Å². The molecule has 0 unspecified atom stereocenters. The summed E-state index contributed by atoms with van der Waals surface area (Å²) in [5.41, 5.74) is 0.0251. The van der Waals surface area contributed by atoms with Gasteiger partial charge in [0, 0.05) is 19.0 Å². The molecule has 0 atom stereocenters. The molecule has 3 heterocycles. The lowest BCUT2D eigenvalue weighted by atomic mass is 10.2. The summed E-state index contributed by atoms with van der Waals surface area (Å²) in [6, 6.07) is 0. The number of hydrogen-bond acceptors (Lipinski definition) is 5. The highest BCUT2D eigenvalue weighted by molar-refractivity contribution is 6.30. The zero-order chi connectivity index (χ0) is 16.8. The molecule has 0 radical (unpaired) electrons. The van der Waals surface area contributed by atoms with Crippen molar-refractivity contribution in [2.75, 3.05) is 0 Å². The second-order valence-corrected chi connectivity index (χ2v) is 5.19. The lowest BCUT2D eigenvalue weighted by Crippen LogP contribution is -2.05. The number of nitrogens with one attached hydrogen (secondary N) is 1. The number of nitrogens with zero attached hydrogens (tertiary/aromatic N) is 5. The molecule has 7 nitrogen and oxygen atoms in total. The number of halogens is 4. The molecule has 0 saturated heterocycles. The molecule has 0 aromatic carbocycles. The first-order valence-electron chi connectivity index (χ1n) is 6.39. The van der Waals surface area contributed by atoms with Gasteiger partial charge in [-0.1, -0.05) is 16.8 Å². The van der Waals surface area contributed by atoms with Crippen molar-refractivity contribution < 1.29 is 17.7 Å². The van der Waals surface area contributed by atoms with Gasteiger partial charge in [0.05, 0.1) is 11.9 Å². The Kier molecular flexibility index (Phi) is 3.63. The van der Waals surface area contributed by atoms with Gasteiger partial charge in [0.15, 0.2) is 5.82 Å². The van der Waals surface area contributed by atoms with Crippen LogP contribution in [0.3, 0.4) is 0 Å². The summed E-state index contributed by atoms with van der Waals surface area (Å²) >= 11 is 6.10. The van der Waals surface area contributed by atoms with Crippen LogP contribution >= 0.6 is 11.6 Å². The monoisotopic (exact) mass is 346 g/mol. The third-order valence-electron chi connectivity index (χ3n) is 3.23. The summed E-state index contributed by atoms with van der Waals surface area (Å²) in [4.78, 5) is 3.97. The maximum atomic E-state index is 12.9. The van der Waals surface area contributed by atoms with E-state index in [0.29, 0.717) is 22.6 Å². The van der Waals surface area contributed by atoms with E-state index < -0.39 is 11.7 Å². The van der Waals surface area contributed by atoms with E-state index in [4.69, 9.17) is 16.1 Å². The molecular formula is C12H10ClF3N6O. The van der Waals surface area contributed by atoms with Crippen molar-refractivity contribution in [3.05, 3.63) is 34.0 Å². The van der Waals surface area contributed by atoms with Gasteiger partial charge in [0.1, 0.15) is 16.4 Å². The molecular weight excluding hydrogens is 337 g/mol. The van der Waals surface area contributed by atoms with E-state index in [1.54, 1.807) is 14.0 Å². The van der Waals surface area contributed by atoms with E-state index in [1.165, 1.54) is 4.68 Å². The summed E-state index contributed by atoms with van der Waals surface area (Å²) < 4.78 is 44.9. The van der Waals surface area contributed by atoms with Gasteiger partial charge >= 0.3 is 6.18 Å². The molecule has 0 aliphatic heterocycles. The highest BCUT2D eigenvalue weighted by Crippen LogP contribution is 2.35. The summed E-state index contributed by atoms with van der Waals surface area (Å²) in [6.07, 6.45) is -3.71. The van der Waals surface area contributed by atoms with Gasteiger partial charge < -0.3 is 4.52 Å². The quantitative estimate of drug-likeness (QED) is 0.788. The average Bonchev–Trinajstić information content (AvgIpc) is 3.15. The Balaban J connectivity index is 1.91. The van der Waals surface area contributed by atoms with Crippen molar-refractivity contribution in [2.45, 2.75) is 19.5 Å². The van der Waals surface area contributed by atoms with Gasteiger partial charge in [0.2, 0.25) is 0 Å². The van der Waals surface area contributed by atoms with Crippen molar-refractivity contribution in [1.82, 2.24) is 30.1 Å². The number of H-pyrrole nitrogens is 1. The second-order valence-electron chi connectivity index (χ2n) is 4.83. The zero-order valence-corrected chi connectivity index (χ0v) is 12.7. The van der Waals surface area contributed by atoms with Crippen LogP contribution in [0, 0.1) is 6.92 Å². The van der Waals surface area contributed by atoms with Gasteiger partial charge in [0.25, 0.3) is 5.89 Å². The molecule has 3 aromatic heterocycles. The van der Waals surface area contributed by atoms with Crippen molar-refractivity contribution in [3.8, 4) is 11.6 Å². The molecule has 0 bridgehead atoms. The maximum absolute atomic E-state index is 12.9. The number of aromatic nitrogens is 6. The Bertz CT molecular complexity index is 849. The molecule has 0 aliphatic rings. The van der Waals surface area contributed by atoms with E-state index in [1.807, 2.05) is 0 Å². The molecule has 3 rings (SSSR count). The predicted octanol–water partition coefficient (Wildman–Crippen LogP) is 2.76. The Morgan fingerprint density at radius 2 is 2.13 bits per heavy atom. The standard InChI is InChI=1S/C12H10ClF3N6O/c1-5-6(10(13)22(2)20-5)3-8-18-11(23-21-8)9-7(4-17-19-9)12(14,15)16/h4H,3H2,1-2H3,(H,17,19). The Morgan fingerprint density at radius 3 is 2.74 bits per heavy atom. The van der Waals surface area contributed by atoms with Gasteiger partial charge in [-0.05, 0) is 6.92 Å². The third-order valence-corrected chi connectivity index (χ3v) is 3.70. The van der Waals surface area contributed by atoms with Crippen LogP contribution in [0.4, 0.5) is 13.2 Å². The number of rotatable bonds is 3. The maximum Gasteiger partial charge on any atom is 0.420 e. The van der Waals surface area contributed by atoms with Crippen LogP contribution in [-0.2, 0) is 19.6 Å². The smallest absolute Gasteiger partial charge is 0.332 e. The van der Waals surface area contributed by atoms with Gasteiger partial charge in [-0.2, -0.15) is 28.4 Å². The van der Waals surface area contributed by atoms with Crippen molar-refractivity contribution in [2.24, 2.45) is 7.05 Å². The minimum Gasteiger partial charge on any atom is -0.332 e. The summed E-state index contributed by atoms with van der Waals surface area (Å²) in [7, 11) is 1.68. The van der Waals surface area contributed by atoms with Crippen LogP contribution in [0.5, 0.6) is 0 Å². The second kappa shape index (κ2) is 5.37. The third kappa shape index (κ3) is 2.81. The lowest BCUT2D eigenvalue weighted by molar-refractivity contribution is -0.137. The first-order chi connectivity index (χ1) is 10.8. The molecule has 23 heavy (non-hydrogen) atoms. The van der Waals surface area contributed by atoms with Gasteiger partial charge in [-0.3, -0.25) is 9.78 Å². The zero-order valence-electron chi connectivity index (χ0n) is 11.9. The van der Waals surface area contributed by atoms with E-state index in [2.05, 4.69) is 25.4 Å². The molecule has 11 heteroatoms. The van der Waals surface area contributed by atoms with Crippen LogP contribution in [0.15, 0.2) is 10.7 Å². The van der Waals surface area contributed by atoms with Crippen LogP contribution in [-0.4, -0.2) is 30.1 Å². The molecule has 1 N–H and O–H groups in total. The lowest BCUT2D eigenvalue weighted by Gasteiger charge is -2.03. The Morgan fingerprint density at radius 1 is 1.39 bits per heavy atom. The molecule has 0 aliphatic carbocycles. The molecule has 0 spiro atoms. The Labute approximate surface area is 132 Å². The van der Waals surface area contributed by atoms with E-state index in [0.717, 1.165) is 0 Å². The summed E-state index contributed by atoms with van der Waals surface area (Å²) in [5.74, 6) is -0.0942. The predicted molar refractivity (Wildman–Crippen MR) is 72.6 cm³/mol. The average molecular weight is 347 g/mol. The van der Waals surface area contributed by atoms with Crippen LogP contribution in [0.25, 0.3) is 11.6 Å². The fraction of sp³-hybridized carbons (Fsp3) is 0.333. The molecule has 122 valence electrons. The first-order valence-corrected chi connectivity index (χ1v) is 6.76. The van der Waals surface area contributed by atoms with Crippen LogP contribution < -0.4 is 0 Å². The van der Waals surface area contributed by atoms with Crippen LogP contribution in [0.2, 0.25) is 5.15 Å². The highest BCUT2D eigenvalue weighted by atomic mass is 35.5. The number of aryl methyl sites for hydroxylation is 2. The van der Waals surface area contributed by atoms with E-state index in [-0.39, 0.29) is 23.8 Å². The topological polar surface area (TPSA) is 85.4 Å². The normalized spacial score (nSPS) is 12.1. The first kappa shape index (κ1) is 15.5. The van der Waals surface area contributed by atoms with Crippen molar-refractivity contribution >= 4 is 11.6 Å². The summed E-state index contributed by atoms with van der Waals surface area (Å²) in [5, 5.41) is 13.8. The minimum atomic E-state index is -4.57. The SMILES string of the molecule is Cc1nn(C)c(Cl)c1Cc1noc(-c2[nH]ncc2C(F)(F)F)n1. The summed E-state index contributed by atoms with van der Waals surface area (Å²) in [6.45, 7) is 1.76. The number of aromatic amines is 1. The molecule has 0 saturated carbocycles. The Hall–Kier alpha value is -2.36. The number of hydrogen-bond donors (Lipinski definition) is 1. The van der Waals surface area contributed by atoms with E-state index in [9.17, 15) is 13.2 Å². The van der Waals surface area contributed by atoms with Crippen LogP contribution in [0.1, 0.15) is 22.6 Å².